The van der Waals surface area contributed by atoms with Crippen molar-refractivity contribution < 1.29 is 19.1 Å². The zero-order valence-electron chi connectivity index (χ0n) is 21.8. The largest absolute Gasteiger partial charge is 0.367 e. The highest BCUT2D eigenvalue weighted by Crippen LogP contribution is 2.35. The van der Waals surface area contributed by atoms with E-state index in [4.69, 9.17) is 10.3 Å². The maximum absolute atomic E-state index is 13.7. The molecule has 10 nitrogen and oxygen atoms in total. The fourth-order valence-corrected chi connectivity index (χ4v) is 6.00. The number of nitrogens with zero attached hydrogens (tertiary/aromatic N) is 5. The van der Waals surface area contributed by atoms with E-state index in [0.29, 0.717) is 11.5 Å². The van der Waals surface area contributed by atoms with E-state index in [1.165, 1.54) is 23.3 Å². The average Bonchev–Trinajstić information content (AvgIpc) is 3.57. The number of nitrogens with one attached hydrogen (secondary N) is 1. The molecule has 0 unspecified atom stereocenters. The summed E-state index contributed by atoms with van der Waals surface area (Å²) in [5.74, 6) is -0.412. The van der Waals surface area contributed by atoms with Crippen molar-refractivity contribution in [1.82, 2.24) is 15.1 Å². The summed E-state index contributed by atoms with van der Waals surface area (Å²) in [7, 11) is 0. The van der Waals surface area contributed by atoms with E-state index in [-0.39, 0.29) is 30.7 Å². The number of likely N-dealkylation sites (tertiary alicyclic amines) is 2. The Kier molecular flexibility index (Phi) is 7.00. The second kappa shape index (κ2) is 10.1. The molecule has 3 heterocycles. The van der Waals surface area contributed by atoms with Crippen molar-refractivity contribution in [2.24, 2.45) is 10.5 Å². The molecule has 4 fully saturated rings. The first-order chi connectivity index (χ1) is 17.7. The number of azide groups is 1. The minimum absolute atomic E-state index is 0.0840. The number of ether oxygens (including phenoxy) is 1. The third-order valence-corrected chi connectivity index (χ3v) is 8.27. The van der Waals surface area contributed by atoms with E-state index in [1.807, 2.05) is 45.0 Å². The van der Waals surface area contributed by atoms with E-state index < -0.39 is 29.6 Å². The van der Waals surface area contributed by atoms with Gasteiger partial charge in [0.15, 0.2) is 5.78 Å². The van der Waals surface area contributed by atoms with Crippen LogP contribution in [0.25, 0.3) is 10.4 Å². The van der Waals surface area contributed by atoms with Gasteiger partial charge in [0.2, 0.25) is 5.91 Å². The molecule has 0 radical (unpaired) electrons. The molecule has 1 aromatic carbocycles. The monoisotopic (exact) mass is 508 g/mol. The molecule has 1 aromatic rings. The van der Waals surface area contributed by atoms with Gasteiger partial charge in [0.05, 0.1) is 12.1 Å². The molecule has 2 amide bonds. The molecule has 198 valence electrons. The van der Waals surface area contributed by atoms with Crippen LogP contribution in [0, 0.1) is 5.41 Å². The van der Waals surface area contributed by atoms with Crippen LogP contribution in [0.1, 0.15) is 68.3 Å². The minimum atomic E-state index is -0.870. The third kappa shape index (κ3) is 5.23. The van der Waals surface area contributed by atoms with Crippen LogP contribution >= 0.6 is 0 Å². The fraction of sp³-hybridized carbons (Fsp3) is 0.667. The second-order valence-corrected chi connectivity index (χ2v) is 11.9. The molecular weight excluding hydrogens is 472 g/mol. The van der Waals surface area contributed by atoms with E-state index in [0.717, 1.165) is 32.0 Å². The summed E-state index contributed by atoms with van der Waals surface area (Å²) in [4.78, 5) is 46.3. The van der Waals surface area contributed by atoms with Gasteiger partial charge in [-0.15, -0.1) is 0 Å². The van der Waals surface area contributed by atoms with Gasteiger partial charge in [-0.3, -0.25) is 14.4 Å². The minimum Gasteiger partial charge on any atom is -0.367 e. The lowest BCUT2D eigenvalue weighted by atomic mass is 9.85. The van der Waals surface area contributed by atoms with Crippen molar-refractivity contribution in [2.75, 3.05) is 26.2 Å². The average molecular weight is 509 g/mol. The predicted octanol–water partition coefficient (Wildman–Crippen LogP) is 3.03. The summed E-state index contributed by atoms with van der Waals surface area (Å²) in [5.41, 5.74) is 10.0. The van der Waals surface area contributed by atoms with Crippen LogP contribution < -0.4 is 5.32 Å². The fourth-order valence-electron chi connectivity index (χ4n) is 6.00. The first kappa shape index (κ1) is 25.7. The first-order valence-electron chi connectivity index (χ1n) is 13.3. The predicted molar refractivity (Wildman–Crippen MR) is 137 cm³/mol. The summed E-state index contributed by atoms with van der Waals surface area (Å²) in [5, 5.41) is 6.67. The van der Waals surface area contributed by atoms with E-state index in [1.54, 1.807) is 0 Å². The van der Waals surface area contributed by atoms with Crippen molar-refractivity contribution in [3.63, 3.8) is 0 Å². The smallest absolute Gasteiger partial charge is 0.251 e. The number of carbonyl (C=O) groups excluding carboxylic acids is 3. The molecule has 10 heteroatoms. The zero-order valence-corrected chi connectivity index (χ0v) is 21.8. The Morgan fingerprint density at radius 2 is 1.81 bits per heavy atom. The molecule has 3 aliphatic heterocycles. The number of piperidine rings is 1. The lowest BCUT2D eigenvalue weighted by Gasteiger charge is -2.35. The normalized spacial score (nSPS) is 27.5. The number of hydrogen-bond acceptors (Lipinski definition) is 6. The Morgan fingerprint density at radius 3 is 2.41 bits per heavy atom. The van der Waals surface area contributed by atoms with Crippen LogP contribution in [0.3, 0.4) is 0 Å². The molecule has 3 saturated heterocycles. The van der Waals surface area contributed by atoms with Crippen molar-refractivity contribution in [2.45, 2.75) is 82.6 Å². The molecule has 0 aromatic heterocycles. The highest BCUT2D eigenvalue weighted by atomic mass is 16.5. The van der Waals surface area contributed by atoms with Gasteiger partial charge >= 0.3 is 0 Å². The van der Waals surface area contributed by atoms with Crippen molar-refractivity contribution in [1.29, 1.82) is 0 Å². The van der Waals surface area contributed by atoms with Crippen LogP contribution in [-0.2, 0) is 14.3 Å². The molecule has 0 bridgehead atoms. The van der Waals surface area contributed by atoms with Gasteiger partial charge in [0, 0.05) is 23.1 Å². The highest BCUT2D eigenvalue weighted by Gasteiger charge is 2.54. The summed E-state index contributed by atoms with van der Waals surface area (Å²) in [6, 6.07) is 6.24. The van der Waals surface area contributed by atoms with Gasteiger partial charge in [-0.1, -0.05) is 38.0 Å². The summed E-state index contributed by atoms with van der Waals surface area (Å²) < 4.78 is 5.53. The Balaban J connectivity index is 1.27. The van der Waals surface area contributed by atoms with Crippen molar-refractivity contribution in [3.8, 4) is 0 Å². The summed E-state index contributed by atoms with van der Waals surface area (Å²) in [6.45, 7) is 7.86. The van der Waals surface area contributed by atoms with Crippen LogP contribution in [0.5, 0.6) is 0 Å². The van der Waals surface area contributed by atoms with Crippen LogP contribution in [0.4, 0.5) is 0 Å². The number of benzene rings is 1. The van der Waals surface area contributed by atoms with Gasteiger partial charge in [0.25, 0.3) is 5.91 Å². The maximum Gasteiger partial charge on any atom is 0.251 e. The maximum atomic E-state index is 13.7. The molecule has 1 aliphatic carbocycles. The number of carbonyl (C=O) groups is 3. The Hall–Kier alpha value is -2.94. The highest BCUT2D eigenvalue weighted by molar-refractivity contribution is 5.99. The van der Waals surface area contributed by atoms with Gasteiger partial charge in [-0.2, -0.15) is 0 Å². The summed E-state index contributed by atoms with van der Waals surface area (Å²) >= 11 is 0. The molecule has 4 atom stereocenters. The molecule has 1 N–H and O–H groups in total. The van der Waals surface area contributed by atoms with Gasteiger partial charge in [-0.25, -0.2) is 0 Å². The molecule has 4 aliphatic rings. The van der Waals surface area contributed by atoms with Crippen molar-refractivity contribution in [3.05, 3.63) is 45.8 Å². The number of Topliss-reactive ketones (excluding diaryl/α,β-unsaturated/α-hetero) is 1. The molecule has 5 rings (SSSR count). The lowest BCUT2D eigenvalue weighted by molar-refractivity contribution is -0.140. The van der Waals surface area contributed by atoms with Crippen LogP contribution in [-0.4, -0.2) is 83.9 Å². The third-order valence-electron chi connectivity index (χ3n) is 8.27. The number of fused-ring (bicyclic) bond motifs is 1. The van der Waals surface area contributed by atoms with Crippen LogP contribution in [0.15, 0.2) is 29.4 Å². The number of ketones is 1. The lowest BCUT2D eigenvalue weighted by Crippen LogP contribution is -2.57. The van der Waals surface area contributed by atoms with Gasteiger partial charge in [0.1, 0.15) is 18.7 Å². The van der Waals surface area contributed by atoms with E-state index in [9.17, 15) is 14.4 Å². The quantitative estimate of drug-likeness (QED) is 0.359. The van der Waals surface area contributed by atoms with E-state index >= 15 is 0 Å². The van der Waals surface area contributed by atoms with Crippen molar-refractivity contribution >= 4 is 17.6 Å². The zero-order chi connectivity index (χ0) is 26.3. The van der Waals surface area contributed by atoms with Crippen LogP contribution in [0.2, 0.25) is 0 Å². The molecule has 0 spiro atoms. The Morgan fingerprint density at radius 1 is 1.14 bits per heavy atom. The Bertz CT molecular complexity index is 1100. The molecule has 37 heavy (non-hydrogen) atoms. The molecular formula is C27H36N6O4. The Labute approximate surface area is 217 Å². The number of amides is 2. The standard InChI is InChI=1S/C27H36N6O4/c1-27(2,3)24(26(36)33-14-20(30-31-28)23-22(33)21(34)15-37-23)29-25(35)18-6-4-16(5-7-18)17-10-12-32(13-11-17)19-8-9-19/h4-7,17,19-20,22-24H,8-15H2,1-3H3,(H,29,35)/t20-,22+,23+,24+/m0/s1. The van der Waals surface area contributed by atoms with E-state index in [2.05, 4.69) is 20.2 Å². The number of rotatable bonds is 6. The topological polar surface area (TPSA) is 128 Å². The van der Waals surface area contributed by atoms with Gasteiger partial charge in [-0.05, 0) is 73.3 Å². The van der Waals surface area contributed by atoms with Gasteiger partial charge < -0.3 is 19.9 Å². The second-order valence-electron chi connectivity index (χ2n) is 11.9. The number of hydrogen-bond donors (Lipinski definition) is 1. The molecule has 1 saturated carbocycles. The first-order valence-corrected chi connectivity index (χ1v) is 13.3. The summed E-state index contributed by atoms with van der Waals surface area (Å²) in [6.07, 6.45) is 4.31. The SMILES string of the molecule is CC(C)(C)[C@H](NC(=O)c1ccc(C2CCN(C3CC3)CC2)cc1)C(=O)N1C[C@H](N=[N+]=[N-])[C@H]2OCC(=O)[C@H]21.